The lowest BCUT2D eigenvalue weighted by atomic mass is 9.84. The lowest BCUT2D eigenvalue weighted by Gasteiger charge is -2.30. The van der Waals surface area contributed by atoms with Gasteiger partial charge >= 0.3 is 0 Å². The van der Waals surface area contributed by atoms with Crippen molar-refractivity contribution in [3.05, 3.63) is 24.3 Å². The van der Waals surface area contributed by atoms with Gasteiger partial charge in [0, 0.05) is 30.6 Å². The zero-order chi connectivity index (χ0) is 21.3. The molecule has 0 atom stereocenters. The van der Waals surface area contributed by atoms with Crippen molar-refractivity contribution in [3.8, 4) is 6.07 Å². The maximum Gasteiger partial charge on any atom is 0.227 e. The first-order valence-electron chi connectivity index (χ1n) is 10.8. The number of aromatic amines is 1. The number of hydrogen-bond acceptors (Lipinski definition) is 4. The summed E-state index contributed by atoms with van der Waals surface area (Å²) in [4.78, 5) is 25.2. The Kier molecular flexibility index (Phi) is 5.50. The monoisotopic (exact) mass is 406 g/mol. The Hall–Kier alpha value is -2.88. The van der Waals surface area contributed by atoms with E-state index in [1.165, 1.54) is 0 Å². The highest BCUT2D eigenvalue weighted by atomic mass is 16.1. The van der Waals surface area contributed by atoms with Crippen LogP contribution in [0.1, 0.15) is 64.7 Å². The zero-order valence-electron chi connectivity index (χ0n) is 18.0. The third-order valence-electron chi connectivity index (χ3n) is 6.00. The largest absolute Gasteiger partial charge is 0.355 e. The Balaban J connectivity index is 1.68. The first kappa shape index (κ1) is 20.4. The summed E-state index contributed by atoms with van der Waals surface area (Å²) >= 11 is 0. The fourth-order valence-electron chi connectivity index (χ4n) is 4.46. The van der Waals surface area contributed by atoms with E-state index in [-0.39, 0.29) is 23.8 Å². The van der Waals surface area contributed by atoms with Crippen molar-refractivity contribution >= 4 is 28.0 Å². The van der Waals surface area contributed by atoms with Crippen molar-refractivity contribution in [3.63, 3.8) is 0 Å². The second kappa shape index (κ2) is 8.10. The number of pyridine rings is 1. The lowest BCUT2D eigenvalue weighted by Crippen LogP contribution is -2.34. The van der Waals surface area contributed by atoms with Crippen LogP contribution in [0.5, 0.6) is 0 Å². The van der Waals surface area contributed by atoms with Crippen molar-refractivity contribution < 1.29 is 4.79 Å². The average Bonchev–Trinajstić information content (AvgIpc) is 3.30. The SMILES string of the molecule is CC(C)(C)CNC(=O)Cc1nc2cnc3[nH]ccc3c2n1[C@H]1CC[C@H](CC#N)CC1. The Labute approximate surface area is 176 Å². The van der Waals surface area contributed by atoms with Gasteiger partial charge in [0.15, 0.2) is 0 Å². The number of hydrogen-bond donors (Lipinski definition) is 2. The molecule has 158 valence electrons. The number of carbonyl (C=O) groups excluding carboxylic acids is 1. The summed E-state index contributed by atoms with van der Waals surface area (Å²) in [7, 11) is 0. The minimum Gasteiger partial charge on any atom is -0.355 e. The van der Waals surface area contributed by atoms with Crippen LogP contribution in [-0.2, 0) is 11.2 Å². The van der Waals surface area contributed by atoms with Crippen molar-refractivity contribution in [2.75, 3.05) is 6.54 Å². The van der Waals surface area contributed by atoms with Crippen molar-refractivity contribution in [1.82, 2.24) is 24.8 Å². The van der Waals surface area contributed by atoms with E-state index < -0.39 is 0 Å². The van der Waals surface area contributed by atoms with E-state index in [2.05, 4.69) is 46.7 Å². The number of carbonyl (C=O) groups is 1. The quantitative estimate of drug-likeness (QED) is 0.661. The van der Waals surface area contributed by atoms with Crippen LogP contribution in [-0.4, -0.2) is 32.0 Å². The first-order chi connectivity index (χ1) is 14.4. The molecule has 0 unspecified atom stereocenters. The smallest absolute Gasteiger partial charge is 0.227 e. The van der Waals surface area contributed by atoms with Crippen LogP contribution in [0.2, 0.25) is 0 Å². The predicted molar refractivity (Wildman–Crippen MR) is 117 cm³/mol. The molecule has 3 heterocycles. The number of amides is 1. The van der Waals surface area contributed by atoms with E-state index in [0.29, 0.717) is 18.9 Å². The van der Waals surface area contributed by atoms with Crippen LogP contribution in [0.4, 0.5) is 0 Å². The first-order valence-corrected chi connectivity index (χ1v) is 10.8. The molecule has 0 aliphatic heterocycles. The molecule has 1 fully saturated rings. The van der Waals surface area contributed by atoms with Crippen LogP contribution < -0.4 is 5.32 Å². The van der Waals surface area contributed by atoms with Gasteiger partial charge in [0.05, 0.1) is 24.2 Å². The number of H-pyrrole nitrogens is 1. The number of aromatic nitrogens is 4. The van der Waals surface area contributed by atoms with Gasteiger partial charge in [-0.3, -0.25) is 4.79 Å². The predicted octanol–water partition coefficient (Wildman–Crippen LogP) is 4.26. The van der Waals surface area contributed by atoms with Crippen LogP contribution >= 0.6 is 0 Å². The highest BCUT2D eigenvalue weighted by molar-refractivity contribution is 6.01. The van der Waals surface area contributed by atoms with Gasteiger partial charge in [-0.05, 0) is 43.1 Å². The van der Waals surface area contributed by atoms with Gasteiger partial charge in [0.2, 0.25) is 5.91 Å². The second-order valence-electron chi connectivity index (χ2n) is 9.68. The molecule has 3 aromatic rings. The van der Waals surface area contributed by atoms with E-state index in [4.69, 9.17) is 10.2 Å². The van der Waals surface area contributed by atoms with Crippen LogP contribution in [0.15, 0.2) is 18.5 Å². The van der Waals surface area contributed by atoms with Gasteiger partial charge in [-0.1, -0.05) is 20.8 Å². The molecular formula is C23H30N6O. The number of nitriles is 1. The van der Waals surface area contributed by atoms with Gasteiger partial charge in [-0.2, -0.15) is 5.26 Å². The third-order valence-corrected chi connectivity index (χ3v) is 6.00. The average molecular weight is 407 g/mol. The Morgan fingerprint density at radius 1 is 1.33 bits per heavy atom. The van der Waals surface area contributed by atoms with Gasteiger partial charge < -0.3 is 14.9 Å². The Morgan fingerprint density at radius 3 is 2.80 bits per heavy atom. The Bertz CT molecular complexity index is 1090. The van der Waals surface area contributed by atoms with Crippen molar-refractivity contribution in [2.45, 2.75) is 65.3 Å². The molecule has 0 saturated heterocycles. The number of rotatable bonds is 5. The summed E-state index contributed by atoms with van der Waals surface area (Å²) in [6, 6.07) is 4.64. The van der Waals surface area contributed by atoms with E-state index in [1.807, 2.05) is 12.3 Å². The number of imidazole rings is 1. The molecule has 3 aromatic heterocycles. The summed E-state index contributed by atoms with van der Waals surface area (Å²) in [6.45, 7) is 6.96. The van der Waals surface area contributed by atoms with E-state index in [9.17, 15) is 4.79 Å². The fraction of sp³-hybridized carbons (Fsp3) is 0.565. The normalized spacial score (nSPS) is 19.8. The molecule has 1 aliphatic rings. The molecule has 0 spiro atoms. The van der Waals surface area contributed by atoms with Gasteiger partial charge in [0.25, 0.3) is 0 Å². The van der Waals surface area contributed by atoms with Gasteiger partial charge in [0.1, 0.15) is 17.0 Å². The molecular weight excluding hydrogens is 376 g/mol. The molecule has 7 heteroatoms. The maximum atomic E-state index is 12.7. The molecule has 30 heavy (non-hydrogen) atoms. The van der Waals surface area contributed by atoms with Crippen LogP contribution in [0.3, 0.4) is 0 Å². The lowest BCUT2D eigenvalue weighted by molar-refractivity contribution is -0.121. The van der Waals surface area contributed by atoms with E-state index >= 15 is 0 Å². The summed E-state index contributed by atoms with van der Waals surface area (Å²) in [5, 5.41) is 13.1. The molecule has 0 radical (unpaired) electrons. The minimum atomic E-state index is -0.00193. The second-order valence-corrected chi connectivity index (χ2v) is 9.68. The van der Waals surface area contributed by atoms with Crippen LogP contribution in [0, 0.1) is 22.7 Å². The number of nitrogens with zero attached hydrogens (tertiary/aromatic N) is 4. The standard InChI is InChI=1S/C23H30N6O/c1-23(2,3)14-27-20(30)12-19-28-18-13-26-22-17(9-11-25-22)21(18)29(19)16-6-4-15(5-7-16)8-10-24/h9,11,13,15-16H,4-8,12,14H2,1-3H3,(H,25,26)(H,27,30)/t15-,16-. The Morgan fingerprint density at radius 2 is 2.10 bits per heavy atom. The van der Waals surface area contributed by atoms with Gasteiger partial charge in [-0.25, -0.2) is 9.97 Å². The molecule has 4 rings (SSSR count). The molecule has 0 aromatic carbocycles. The van der Waals surface area contributed by atoms with E-state index in [1.54, 1.807) is 6.20 Å². The van der Waals surface area contributed by atoms with Gasteiger partial charge in [-0.15, -0.1) is 0 Å². The highest BCUT2D eigenvalue weighted by Gasteiger charge is 2.27. The maximum absolute atomic E-state index is 12.7. The molecule has 1 amide bonds. The fourth-order valence-corrected chi connectivity index (χ4v) is 4.46. The molecule has 2 N–H and O–H groups in total. The summed E-state index contributed by atoms with van der Waals surface area (Å²) in [5.41, 5.74) is 2.77. The number of fused-ring (bicyclic) bond motifs is 3. The molecule has 1 aliphatic carbocycles. The number of nitrogens with one attached hydrogen (secondary N) is 2. The molecule has 0 bridgehead atoms. The zero-order valence-corrected chi connectivity index (χ0v) is 18.0. The third kappa shape index (κ3) is 4.18. The summed E-state index contributed by atoms with van der Waals surface area (Å²) in [5.74, 6) is 1.28. The van der Waals surface area contributed by atoms with Crippen LogP contribution in [0.25, 0.3) is 22.1 Å². The topological polar surface area (TPSA) is 99.4 Å². The molecule has 7 nitrogen and oxygen atoms in total. The van der Waals surface area contributed by atoms with Crippen molar-refractivity contribution in [1.29, 1.82) is 5.26 Å². The van der Waals surface area contributed by atoms with E-state index in [0.717, 1.165) is 53.6 Å². The highest BCUT2D eigenvalue weighted by Crippen LogP contribution is 2.38. The minimum absolute atomic E-state index is 0.00193. The van der Waals surface area contributed by atoms with Crippen molar-refractivity contribution in [2.24, 2.45) is 11.3 Å². The summed E-state index contributed by atoms with van der Waals surface area (Å²) < 4.78 is 2.28. The summed E-state index contributed by atoms with van der Waals surface area (Å²) in [6.07, 6.45) is 8.66. The molecule has 1 saturated carbocycles.